The Kier molecular flexibility index (Phi) is 11.0. The summed E-state index contributed by atoms with van der Waals surface area (Å²) in [6.07, 6.45) is 8.73. The number of likely N-dealkylation sites (tertiary alicyclic amines) is 1. The van der Waals surface area contributed by atoms with Gasteiger partial charge < -0.3 is 16.0 Å². The fraction of sp³-hybridized carbons (Fsp3) is 0.459. The van der Waals surface area contributed by atoms with E-state index >= 15 is 0 Å². The molecule has 0 aromatic heterocycles. The fourth-order valence-electron chi connectivity index (χ4n) is 7.02. The second kappa shape index (κ2) is 15.3. The molecule has 1 saturated heterocycles. The van der Waals surface area contributed by atoms with Crippen LogP contribution in [0.3, 0.4) is 0 Å². The first kappa shape index (κ1) is 31.0. The van der Waals surface area contributed by atoms with Gasteiger partial charge in [0.05, 0.1) is 6.04 Å². The summed E-state index contributed by atoms with van der Waals surface area (Å²) in [4.78, 5) is 31.8. The SMILES string of the molecule is CC(c1cccc(-c2ccccc2C(=O)NCCN)c1)N(C(=O)CC1CCCCC1)C1CCN(Cc2ccccc2)CC1. The Morgan fingerprint density at radius 1 is 0.907 bits per heavy atom. The summed E-state index contributed by atoms with van der Waals surface area (Å²) in [6.45, 7) is 5.96. The topological polar surface area (TPSA) is 78.7 Å². The minimum absolute atomic E-state index is 0.0556. The van der Waals surface area contributed by atoms with Crippen molar-refractivity contribution in [2.75, 3.05) is 26.2 Å². The fourth-order valence-corrected chi connectivity index (χ4v) is 7.02. The van der Waals surface area contributed by atoms with Crippen LogP contribution >= 0.6 is 0 Å². The summed E-state index contributed by atoms with van der Waals surface area (Å²) in [5.74, 6) is 0.679. The Morgan fingerprint density at radius 2 is 1.63 bits per heavy atom. The van der Waals surface area contributed by atoms with Crippen molar-refractivity contribution in [1.82, 2.24) is 15.1 Å². The van der Waals surface area contributed by atoms with Crippen LogP contribution in [0.15, 0.2) is 78.9 Å². The number of rotatable bonds is 11. The van der Waals surface area contributed by atoms with Gasteiger partial charge >= 0.3 is 0 Å². The maximum atomic E-state index is 14.1. The van der Waals surface area contributed by atoms with Crippen LogP contribution in [-0.4, -0.2) is 53.8 Å². The molecule has 43 heavy (non-hydrogen) atoms. The molecule has 3 aromatic carbocycles. The molecule has 0 radical (unpaired) electrons. The van der Waals surface area contributed by atoms with Crippen LogP contribution in [0.4, 0.5) is 0 Å². The molecule has 6 heteroatoms. The third-order valence-corrected chi connectivity index (χ3v) is 9.37. The quantitative estimate of drug-likeness (QED) is 0.269. The van der Waals surface area contributed by atoms with Crippen LogP contribution in [0.5, 0.6) is 0 Å². The van der Waals surface area contributed by atoms with E-state index in [1.165, 1.54) is 37.7 Å². The van der Waals surface area contributed by atoms with Crippen molar-refractivity contribution in [2.45, 2.75) is 76.9 Å². The molecule has 0 bridgehead atoms. The van der Waals surface area contributed by atoms with Crippen LogP contribution in [0, 0.1) is 5.92 Å². The Hall–Kier alpha value is -3.48. The number of nitrogens with two attached hydrogens (primary N) is 1. The first-order valence-electron chi connectivity index (χ1n) is 16.3. The number of nitrogens with zero attached hydrogens (tertiary/aromatic N) is 2. The molecule has 6 nitrogen and oxygen atoms in total. The smallest absolute Gasteiger partial charge is 0.251 e. The Labute approximate surface area is 257 Å². The Morgan fingerprint density at radius 3 is 2.37 bits per heavy atom. The van der Waals surface area contributed by atoms with E-state index in [1.54, 1.807) is 0 Å². The van der Waals surface area contributed by atoms with Gasteiger partial charge in [0.25, 0.3) is 5.91 Å². The van der Waals surface area contributed by atoms with Crippen molar-refractivity contribution in [3.8, 4) is 11.1 Å². The summed E-state index contributed by atoms with van der Waals surface area (Å²) in [6, 6.07) is 27.0. The van der Waals surface area contributed by atoms with Crippen molar-refractivity contribution < 1.29 is 9.59 Å². The van der Waals surface area contributed by atoms with E-state index in [0.29, 0.717) is 36.9 Å². The van der Waals surface area contributed by atoms with Gasteiger partial charge in [-0.1, -0.05) is 86.0 Å². The van der Waals surface area contributed by atoms with Crippen molar-refractivity contribution >= 4 is 11.8 Å². The molecule has 2 aliphatic rings. The lowest BCUT2D eigenvalue weighted by Gasteiger charge is -2.42. The maximum absolute atomic E-state index is 14.1. The van der Waals surface area contributed by atoms with Crippen molar-refractivity contribution in [3.05, 3.63) is 95.6 Å². The number of amides is 2. The molecule has 228 valence electrons. The lowest BCUT2D eigenvalue weighted by molar-refractivity contribution is -0.138. The van der Waals surface area contributed by atoms with Crippen molar-refractivity contribution in [1.29, 1.82) is 0 Å². The number of nitrogens with one attached hydrogen (secondary N) is 1. The van der Waals surface area contributed by atoms with Gasteiger partial charge in [-0.25, -0.2) is 0 Å². The summed E-state index contributed by atoms with van der Waals surface area (Å²) in [5.41, 5.74) is 10.6. The molecule has 3 N–H and O–H groups in total. The highest BCUT2D eigenvalue weighted by atomic mass is 16.2. The van der Waals surface area contributed by atoms with Gasteiger partial charge in [-0.2, -0.15) is 0 Å². The van der Waals surface area contributed by atoms with Gasteiger partial charge in [-0.15, -0.1) is 0 Å². The number of hydrogen-bond acceptors (Lipinski definition) is 4. The van der Waals surface area contributed by atoms with Crippen LogP contribution in [0.1, 0.15) is 85.8 Å². The van der Waals surface area contributed by atoms with Crippen LogP contribution in [0.2, 0.25) is 0 Å². The minimum atomic E-state index is -0.119. The van der Waals surface area contributed by atoms with Crippen LogP contribution in [0.25, 0.3) is 11.1 Å². The molecule has 2 amide bonds. The molecule has 1 unspecified atom stereocenters. The molecular weight excluding hydrogens is 532 g/mol. The van der Waals surface area contributed by atoms with Gasteiger partial charge in [0, 0.05) is 50.7 Å². The number of hydrogen-bond donors (Lipinski definition) is 2. The van der Waals surface area contributed by atoms with Crippen molar-refractivity contribution in [3.63, 3.8) is 0 Å². The molecule has 1 aliphatic carbocycles. The number of carbonyl (C=O) groups excluding carboxylic acids is 2. The highest BCUT2D eigenvalue weighted by Crippen LogP contribution is 2.34. The van der Waals surface area contributed by atoms with E-state index in [9.17, 15) is 9.59 Å². The van der Waals surface area contributed by atoms with E-state index in [1.807, 2.05) is 24.3 Å². The number of piperidine rings is 1. The lowest BCUT2D eigenvalue weighted by atomic mass is 9.86. The second-order valence-corrected chi connectivity index (χ2v) is 12.4. The van der Waals surface area contributed by atoms with E-state index in [4.69, 9.17) is 5.73 Å². The second-order valence-electron chi connectivity index (χ2n) is 12.4. The van der Waals surface area contributed by atoms with Crippen molar-refractivity contribution in [2.24, 2.45) is 11.7 Å². The predicted octanol–water partition coefficient (Wildman–Crippen LogP) is 6.57. The largest absolute Gasteiger partial charge is 0.351 e. The lowest BCUT2D eigenvalue weighted by Crippen LogP contribution is -2.48. The zero-order chi connectivity index (χ0) is 30.0. The third-order valence-electron chi connectivity index (χ3n) is 9.37. The Balaban J connectivity index is 1.37. The highest BCUT2D eigenvalue weighted by molar-refractivity contribution is 6.00. The summed E-state index contributed by atoms with van der Waals surface area (Å²) in [5, 5.41) is 2.91. The van der Waals surface area contributed by atoms with Gasteiger partial charge in [0.2, 0.25) is 5.91 Å². The molecule has 5 rings (SSSR count). The highest BCUT2D eigenvalue weighted by Gasteiger charge is 2.33. The third kappa shape index (κ3) is 8.12. The molecular formula is C37H48N4O2. The summed E-state index contributed by atoms with van der Waals surface area (Å²) in [7, 11) is 0. The first-order chi connectivity index (χ1) is 21.0. The Bertz CT molecular complexity index is 1330. The zero-order valence-corrected chi connectivity index (χ0v) is 25.7. The first-order valence-corrected chi connectivity index (χ1v) is 16.3. The normalized spacial score (nSPS) is 17.3. The van der Waals surface area contributed by atoms with E-state index in [2.05, 4.69) is 76.6 Å². The molecule has 1 saturated carbocycles. The maximum Gasteiger partial charge on any atom is 0.251 e. The van der Waals surface area contributed by atoms with E-state index in [-0.39, 0.29) is 18.0 Å². The summed E-state index contributed by atoms with van der Waals surface area (Å²) < 4.78 is 0. The molecule has 1 aliphatic heterocycles. The predicted molar refractivity (Wildman–Crippen MR) is 174 cm³/mol. The van der Waals surface area contributed by atoms with Gasteiger partial charge in [0.15, 0.2) is 0 Å². The standard InChI is InChI=1S/C37H48N4O2/c1-28(31-15-10-16-32(26-31)34-17-8-9-18-35(34)37(43)39-22-21-38)41(36(42)25-29-11-4-2-5-12-29)33-19-23-40(24-20-33)27-30-13-6-3-7-14-30/h3,6-10,13-18,26,28-29,33H,2,4-5,11-12,19-25,27,38H2,1H3,(H,39,43). The minimum Gasteiger partial charge on any atom is -0.351 e. The van der Waals surface area contributed by atoms with Gasteiger partial charge in [-0.05, 0) is 72.9 Å². The molecule has 1 atom stereocenters. The van der Waals surface area contributed by atoms with Gasteiger partial charge in [-0.3, -0.25) is 14.5 Å². The van der Waals surface area contributed by atoms with Gasteiger partial charge in [0.1, 0.15) is 0 Å². The monoisotopic (exact) mass is 580 g/mol. The number of benzene rings is 3. The van der Waals surface area contributed by atoms with Crippen LogP contribution < -0.4 is 11.1 Å². The molecule has 3 aromatic rings. The summed E-state index contributed by atoms with van der Waals surface area (Å²) >= 11 is 0. The number of carbonyl (C=O) groups is 2. The van der Waals surface area contributed by atoms with Crippen LogP contribution in [-0.2, 0) is 11.3 Å². The van der Waals surface area contributed by atoms with E-state index in [0.717, 1.165) is 49.2 Å². The van der Waals surface area contributed by atoms with E-state index < -0.39 is 0 Å². The molecule has 0 spiro atoms. The molecule has 1 heterocycles. The zero-order valence-electron chi connectivity index (χ0n) is 25.7. The average molecular weight is 581 g/mol. The molecule has 2 fully saturated rings. The average Bonchev–Trinajstić information content (AvgIpc) is 3.05.